The summed E-state index contributed by atoms with van der Waals surface area (Å²) in [5.41, 5.74) is 1.21. The summed E-state index contributed by atoms with van der Waals surface area (Å²) in [6.07, 6.45) is 3.67. The Morgan fingerprint density at radius 1 is 1.20 bits per heavy atom. The molecule has 3 aromatic heterocycles. The Kier molecular flexibility index (Phi) is 2.04. The normalized spacial score (nSPS) is 21.3. The molecule has 1 aliphatic rings. The molecule has 0 aromatic carbocycles. The van der Waals surface area contributed by atoms with Gasteiger partial charge in [-0.25, -0.2) is 0 Å². The van der Waals surface area contributed by atoms with Gasteiger partial charge in [-0.3, -0.25) is 5.43 Å². The lowest BCUT2D eigenvalue weighted by atomic mass is 10.2. The van der Waals surface area contributed by atoms with Crippen LogP contribution in [-0.4, -0.2) is 36.5 Å². The first kappa shape index (κ1) is 10.6. The van der Waals surface area contributed by atoms with E-state index in [2.05, 4.69) is 45.7 Å². The van der Waals surface area contributed by atoms with Crippen LogP contribution in [0.5, 0.6) is 0 Å². The fourth-order valence-electron chi connectivity index (χ4n) is 1.63. The summed E-state index contributed by atoms with van der Waals surface area (Å²) in [5, 5.41) is 18.1. The van der Waals surface area contributed by atoms with E-state index in [1.54, 1.807) is 0 Å². The third kappa shape index (κ3) is 1.38. The van der Waals surface area contributed by atoms with Crippen molar-refractivity contribution in [3.05, 3.63) is 36.4 Å². The van der Waals surface area contributed by atoms with Crippen molar-refractivity contribution >= 4 is 5.90 Å². The molecule has 3 aromatic rings. The van der Waals surface area contributed by atoms with E-state index < -0.39 is 5.72 Å². The van der Waals surface area contributed by atoms with Crippen LogP contribution in [0, 0.1) is 0 Å². The first-order valence-corrected chi connectivity index (χ1v) is 5.24. The maximum atomic E-state index is 5.67. The summed E-state index contributed by atoms with van der Waals surface area (Å²) in [6, 6.07) is 0. The molecule has 0 amide bonds. The van der Waals surface area contributed by atoms with Crippen molar-refractivity contribution in [1.29, 1.82) is 0 Å². The molecule has 12 heteroatoms. The number of nitrogens with one attached hydrogen (secondary N) is 1. The van der Waals surface area contributed by atoms with Crippen molar-refractivity contribution in [2.24, 2.45) is 5.10 Å². The second-order valence-corrected chi connectivity index (χ2v) is 3.59. The zero-order valence-corrected chi connectivity index (χ0v) is 9.50. The quantitative estimate of drug-likeness (QED) is 0.628. The van der Waals surface area contributed by atoms with E-state index in [-0.39, 0.29) is 23.4 Å². The van der Waals surface area contributed by atoms with E-state index in [9.17, 15) is 0 Å². The summed E-state index contributed by atoms with van der Waals surface area (Å²) >= 11 is 0. The maximum Gasteiger partial charge on any atom is 0.340 e. The number of hydrazone groups is 1. The summed E-state index contributed by atoms with van der Waals surface area (Å²) in [5.74, 6) is 0.432. The molecule has 12 nitrogen and oxygen atoms in total. The largest absolute Gasteiger partial charge is 0.429 e. The summed E-state index contributed by atoms with van der Waals surface area (Å²) in [6.45, 7) is 0. The minimum absolute atomic E-state index is 0.0540. The van der Waals surface area contributed by atoms with Crippen LogP contribution >= 0.6 is 0 Å². The van der Waals surface area contributed by atoms with Gasteiger partial charge < -0.3 is 18.3 Å². The van der Waals surface area contributed by atoms with Crippen molar-refractivity contribution < 1.29 is 18.3 Å². The molecule has 4 heterocycles. The highest BCUT2D eigenvalue weighted by atomic mass is 16.6. The molecule has 20 heavy (non-hydrogen) atoms. The van der Waals surface area contributed by atoms with Gasteiger partial charge in [-0.15, -0.1) is 10.2 Å². The van der Waals surface area contributed by atoms with Crippen LogP contribution < -0.4 is 5.43 Å². The number of hydrogen-bond donors (Lipinski definition) is 1. The molecule has 0 bridgehead atoms. The third-order valence-electron chi connectivity index (χ3n) is 2.49. The zero-order valence-electron chi connectivity index (χ0n) is 9.50. The standard InChI is InChI=1S/C8H4N8O4/c1-4(19-16-11-1)8(7-9-2-12-20-7)15-13-6(18-8)5-10-3-17-14-5/h1-3,15H. The number of ether oxygens (including phenoxy) is 1. The smallest absolute Gasteiger partial charge is 0.340 e. The predicted molar refractivity (Wildman–Crippen MR) is 54.4 cm³/mol. The molecule has 0 saturated carbocycles. The Morgan fingerprint density at radius 3 is 2.90 bits per heavy atom. The highest BCUT2D eigenvalue weighted by molar-refractivity contribution is 5.91. The van der Waals surface area contributed by atoms with E-state index in [4.69, 9.17) is 13.8 Å². The fraction of sp³-hybridized carbons (Fsp3) is 0.125. The van der Waals surface area contributed by atoms with Crippen LogP contribution in [0.25, 0.3) is 0 Å². The van der Waals surface area contributed by atoms with Gasteiger partial charge in [0.05, 0.1) is 0 Å². The SMILES string of the molecule is c1noc(C2(c3cnno3)NN=C(c3ncon3)O2)n1. The lowest BCUT2D eigenvalue weighted by Crippen LogP contribution is -2.39. The second kappa shape index (κ2) is 3.84. The maximum absolute atomic E-state index is 5.67. The first-order chi connectivity index (χ1) is 9.88. The van der Waals surface area contributed by atoms with Crippen LogP contribution in [0.2, 0.25) is 0 Å². The average Bonchev–Trinajstić information content (AvgIpc) is 3.23. The molecule has 1 unspecified atom stereocenters. The molecular weight excluding hydrogens is 272 g/mol. The van der Waals surface area contributed by atoms with E-state index in [1.165, 1.54) is 12.5 Å². The Labute approximate surface area is 108 Å². The van der Waals surface area contributed by atoms with Crippen molar-refractivity contribution in [2.75, 3.05) is 0 Å². The van der Waals surface area contributed by atoms with Gasteiger partial charge in [0.2, 0.25) is 12.2 Å². The van der Waals surface area contributed by atoms with Crippen LogP contribution in [0.1, 0.15) is 17.5 Å². The van der Waals surface area contributed by atoms with Gasteiger partial charge in [0.25, 0.3) is 11.7 Å². The van der Waals surface area contributed by atoms with Crippen LogP contribution in [0.15, 0.2) is 37.6 Å². The monoisotopic (exact) mass is 276 g/mol. The minimum atomic E-state index is -1.48. The molecule has 0 saturated heterocycles. The lowest BCUT2D eigenvalue weighted by molar-refractivity contribution is 0.0254. The van der Waals surface area contributed by atoms with Crippen LogP contribution in [0.4, 0.5) is 0 Å². The van der Waals surface area contributed by atoms with Gasteiger partial charge in [-0.05, 0) is 0 Å². The minimum Gasteiger partial charge on any atom is -0.429 e. The Hall–Kier alpha value is -3.31. The molecule has 4 rings (SSSR count). The molecule has 0 fully saturated rings. The van der Waals surface area contributed by atoms with Gasteiger partial charge in [-0.1, -0.05) is 10.3 Å². The van der Waals surface area contributed by atoms with Gasteiger partial charge >= 0.3 is 11.6 Å². The predicted octanol–water partition coefficient (Wildman–Crippen LogP) is -0.982. The number of hydrogen-bond acceptors (Lipinski definition) is 12. The third-order valence-corrected chi connectivity index (χ3v) is 2.49. The van der Waals surface area contributed by atoms with Gasteiger partial charge in [0.1, 0.15) is 6.20 Å². The average molecular weight is 276 g/mol. The highest BCUT2D eigenvalue weighted by Crippen LogP contribution is 2.33. The van der Waals surface area contributed by atoms with Gasteiger partial charge in [-0.2, -0.15) is 9.97 Å². The highest BCUT2D eigenvalue weighted by Gasteiger charge is 2.51. The molecule has 1 atom stereocenters. The van der Waals surface area contributed by atoms with Crippen molar-refractivity contribution in [1.82, 2.24) is 36.1 Å². The zero-order chi connectivity index (χ0) is 13.4. The van der Waals surface area contributed by atoms with Crippen LogP contribution in [-0.2, 0) is 10.5 Å². The Morgan fingerprint density at radius 2 is 2.20 bits per heavy atom. The molecule has 0 aliphatic carbocycles. The van der Waals surface area contributed by atoms with Crippen LogP contribution in [0.3, 0.4) is 0 Å². The number of aromatic nitrogens is 6. The van der Waals surface area contributed by atoms with Crippen molar-refractivity contribution in [3.63, 3.8) is 0 Å². The number of nitrogens with zero attached hydrogens (tertiary/aromatic N) is 7. The summed E-state index contributed by atoms with van der Waals surface area (Å²) in [4.78, 5) is 7.75. The molecule has 100 valence electrons. The van der Waals surface area contributed by atoms with Gasteiger partial charge in [0.15, 0.2) is 6.33 Å². The second-order valence-electron chi connectivity index (χ2n) is 3.59. The number of rotatable bonds is 3. The lowest BCUT2D eigenvalue weighted by Gasteiger charge is -2.19. The Bertz CT molecular complexity index is 684. The van der Waals surface area contributed by atoms with Crippen molar-refractivity contribution in [2.45, 2.75) is 5.72 Å². The molecule has 0 spiro atoms. The van der Waals surface area contributed by atoms with E-state index in [1.807, 2.05) is 0 Å². The summed E-state index contributed by atoms with van der Waals surface area (Å²) < 4.78 is 20.3. The van der Waals surface area contributed by atoms with Crippen molar-refractivity contribution in [3.8, 4) is 0 Å². The molecule has 1 N–H and O–H groups in total. The van der Waals surface area contributed by atoms with E-state index >= 15 is 0 Å². The van der Waals surface area contributed by atoms with E-state index in [0.717, 1.165) is 6.39 Å². The first-order valence-electron chi connectivity index (χ1n) is 5.24. The Balaban J connectivity index is 1.77. The molecule has 1 aliphatic heterocycles. The molecule has 0 radical (unpaired) electrons. The fourth-order valence-corrected chi connectivity index (χ4v) is 1.63. The topological polar surface area (TPSA) is 150 Å². The summed E-state index contributed by atoms with van der Waals surface area (Å²) in [7, 11) is 0. The van der Waals surface area contributed by atoms with E-state index in [0.29, 0.717) is 0 Å². The van der Waals surface area contributed by atoms with Gasteiger partial charge in [0, 0.05) is 5.27 Å². The molecular formula is C8H4N8O4.